The number of esters is 2. The van der Waals surface area contributed by atoms with Crippen LogP contribution < -0.4 is 14.9 Å². The van der Waals surface area contributed by atoms with Crippen molar-refractivity contribution in [3.8, 4) is 40.1 Å². The van der Waals surface area contributed by atoms with Crippen molar-refractivity contribution >= 4 is 22.9 Å². The first-order valence-electron chi connectivity index (χ1n) is 11.1. The van der Waals surface area contributed by atoms with Gasteiger partial charge in [0.1, 0.15) is 34.0 Å². The highest BCUT2D eigenvalue weighted by molar-refractivity contribution is 5.93. The summed E-state index contributed by atoms with van der Waals surface area (Å²) >= 11 is 0. The highest BCUT2D eigenvalue weighted by Gasteiger charge is 2.35. The van der Waals surface area contributed by atoms with Crippen LogP contribution in [0.1, 0.15) is 23.5 Å². The van der Waals surface area contributed by atoms with Gasteiger partial charge < -0.3 is 33.9 Å². The summed E-state index contributed by atoms with van der Waals surface area (Å²) in [6.45, 7) is -0.364. The molecule has 1 aliphatic rings. The minimum atomic E-state index is -0.722. The van der Waals surface area contributed by atoms with Crippen molar-refractivity contribution in [2.24, 2.45) is 0 Å². The molecule has 10 heteroatoms. The van der Waals surface area contributed by atoms with E-state index in [2.05, 4.69) is 4.74 Å². The number of ether oxygens (including phenoxy) is 3. The van der Waals surface area contributed by atoms with Crippen LogP contribution in [0.5, 0.6) is 28.7 Å². The van der Waals surface area contributed by atoms with E-state index in [0.29, 0.717) is 16.9 Å². The lowest BCUT2D eigenvalue weighted by Crippen LogP contribution is -2.23. The van der Waals surface area contributed by atoms with E-state index in [1.807, 2.05) is 0 Å². The normalized spacial score (nSPS) is 14.6. The first kappa shape index (κ1) is 23.7. The van der Waals surface area contributed by atoms with Crippen molar-refractivity contribution < 1.29 is 43.5 Å². The molecule has 1 aromatic heterocycles. The monoisotopic (exact) mass is 504 g/mol. The zero-order valence-electron chi connectivity index (χ0n) is 19.4. The summed E-state index contributed by atoms with van der Waals surface area (Å²) < 4.78 is 21.8. The number of para-hydroxylation sites is 1. The van der Waals surface area contributed by atoms with E-state index in [1.54, 1.807) is 24.3 Å². The Labute approximate surface area is 208 Å². The highest BCUT2D eigenvalue weighted by Crippen LogP contribution is 2.47. The molecule has 0 amide bonds. The number of hydrogen-bond donors (Lipinski definition) is 3. The summed E-state index contributed by atoms with van der Waals surface area (Å²) in [7, 11) is 1.23. The Morgan fingerprint density at radius 3 is 2.54 bits per heavy atom. The molecule has 2 heterocycles. The number of methoxy groups -OCH3 is 1. The number of carbonyl (C=O) groups is 2. The van der Waals surface area contributed by atoms with E-state index in [9.17, 15) is 29.7 Å². The summed E-state index contributed by atoms with van der Waals surface area (Å²) in [5, 5.41) is 30.1. The van der Waals surface area contributed by atoms with E-state index in [1.165, 1.54) is 31.4 Å². The van der Waals surface area contributed by atoms with Crippen LogP contribution in [0.4, 0.5) is 0 Å². The SMILES string of the molecule is COC(=O)COc1ccccc1[C@H]1CC(=O)Oc2cc(O)c3c(=O)cc(-c4ccc(O)c(O)c4)oc3c21. The predicted molar refractivity (Wildman–Crippen MR) is 129 cm³/mol. The van der Waals surface area contributed by atoms with Crippen LogP contribution in [0.15, 0.2) is 63.8 Å². The van der Waals surface area contributed by atoms with Gasteiger partial charge in [0.15, 0.2) is 23.5 Å². The molecule has 0 bridgehead atoms. The fraction of sp³-hybridized carbons (Fsp3) is 0.148. The number of rotatable bonds is 5. The maximum Gasteiger partial charge on any atom is 0.343 e. The van der Waals surface area contributed by atoms with Gasteiger partial charge in [-0.15, -0.1) is 0 Å². The lowest BCUT2D eigenvalue weighted by atomic mass is 9.84. The minimum Gasteiger partial charge on any atom is -0.507 e. The Morgan fingerprint density at radius 1 is 1.00 bits per heavy atom. The van der Waals surface area contributed by atoms with Crippen LogP contribution in [0, 0.1) is 0 Å². The van der Waals surface area contributed by atoms with Crippen molar-refractivity contribution in [3.05, 3.63) is 75.9 Å². The Balaban J connectivity index is 1.74. The minimum absolute atomic E-state index is 0.00266. The maximum absolute atomic E-state index is 13.1. The van der Waals surface area contributed by atoms with E-state index in [-0.39, 0.29) is 46.8 Å². The smallest absolute Gasteiger partial charge is 0.343 e. The molecule has 0 aliphatic carbocycles. The van der Waals surface area contributed by atoms with Gasteiger partial charge in [-0.2, -0.15) is 0 Å². The number of hydrogen-bond acceptors (Lipinski definition) is 10. The van der Waals surface area contributed by atoms with E-state index in [0.717, 1.165) is 6.07 Å². The molecule has 1 atom stereocenters. The number of fused-ring (bicyclic) bond motifs is 3. The molecule has 4 aromatic rings. The number of benzene rings is 3. The molecular weight excluding hydrogens is 484 g/mol. The van der Waals surface area contributed by atoms with Gasteiger partial charge in [-0.3, -0.25) is 9.59 Å². The van der Waals surface area contributed by atoms with Crippen LogP contribution in [-0.2, 0) is 14.3 Å². The van der Waals surface area contributed by atoms with Crippen LogP contribution in [0.25, 0.3) is 22.3 Å². The predicted octanol–water partition coefficient (Wildman–Crippen LogP) is 3.57. The lowest BCUT2D eigenvalue weighted by Gasteiger charge is -2.27. The average molecular weight is 504 g/mol. The fourth-order valence-electron chi connectivity index (χ4n) is 4.34. The molecule has 0 spiro atoms. The third-order valence-electron chi connectivity index (χ3n) is 6.05. The summed E-state index contributed by atoms with van der Waals surface area (Å²) in [5.41, 5.74) is 0.535. The van der Waals surface area contributed by atoms with Gasteiger partial charge in [0.2, 0.25) is 0 Å². The fourth-order valence-corrected chi connectivity index (χ4v) is 4.34. The van der Waals surface area contributed by atoms with Crippen molar-refractivity contribution in [2.75, 3.05) is 13.7 Å². The zero-order chi connectivity index (χ0) is 26.3. The van der Waals surface area contributed by atoms with E-state index in [4.69, 9.17) is 13.9 Å². The zero-order valence-corrected chi connectivity index (χ0v) is 19.4. The molecule has 0 saturated carbocycles. The Bertz CT molecular complexity index is 1620. The molecular formula is C27H20O10. The first-order valence-corrected chi connectivity index (χ1v) is 11.1. The molecule has 0 saturated heterocycles. The van der Waals surface area contributed by atoms with Crippen LogP contribution in [-0.4, -0.2) is 41.0 Å². The van der Waals surface area contributed by atoms with E-state index < -0.39 is 34.8 Å². The first-order chi connectivity index (χ1) is 17.8. The quantitative estimate of drug-likeness (QED) is 0.209. The second kappa shape index (κ2) is 9.23. The Hall–Kier alpha value is -4.99. The van der Waals surface area contributed by atoms with Crippen molar-refractivity contribution in [2.45, 2.75) is 12.3 Å². The number of carbonyl (C=O) groups excluding carboxylic acids is 2. The molecule has 188 valence electrons. The van der Waals surface area contributed by atoms with Crippen LogP contribution in [0.2, 0.25) is 0 Å². The number of aromatic hydroxyl groups is 3. The molecule has 3 N–H and O–H groups in total. The summed E-state index contributed by atoms with van der Waals surface area (Å²) in [6, 6.07) is 13.0. The molecule has 0 fully saturated rings. The van der Waals surface area contributed by atoms with Gasteiger partial charge in [-0.1, -0.05) is 18.2 Å². The van der Waals surface area contributed by atoms with Gasteiger partial charge in [-0.25, -0.2) is 4.79 Å². The van der Waals surface area contributed by atoms with Crippen molar-refractivity contribution in [3.63, 3.8) is 0 Å². The topological polar surface area (TPSA) is 153 Å². The van der Waals surface area contributed by atoms with Crippen LogP contribution >= 0.6 is 0 Å². The second-order valence-corrected chi connectivity index (χ2v) is 8.32. The second-order valence-electron chi connectivity index (χ2n) is 8.32. The molecule has 0 unspecified atom stereocenters. The summed E-state index contributed by atoms with van der Waals surface area (Å²) in [6.07, 6.45) is -0.139. The van der Waals surface area contributed by atoms with Gasteiger partial charge in [0, 0.05) is 34.7 Å². The standard InChI is InChI=1S/C27H20O10/c1-34-24(33)12-35-20-5-3-2-4-14(20)15-9-23(32)36-22-11-19(31)26-18(30)10-21(37-27(26)25(15)22)13-6-7-16(28)17(29)8-13/h2-8,10-11,15,28-29,31H,9,12H2,1H3/t15-/m1/s1. The molecule has 0 radical (unpaired) electrons. The Morgan fingerprint density at radius 2 is 1.78 bits per heavy atom. The van der Waals surface area contributed by atoms with Gasteiger partial charge in [-0.05, 0) is 24.3 Å². The third-order valence-corrected chi connectivity index (χ3v) is 6.05. The van der Waals surface area contributed by atoms with Crippen LogP contribution in [0.3, 0.4) is 0 Å². The van der Waals surface area contributed by atoms with Gasteiger partial charge in [0.05, 0.1) is 13.5 Å². The summed E-state index contributed by atoms with van der Waals surface area (Å²) in [5.74, 6) is -2.75. The molecule has 10 nitrogen and oxygen atoms in total. The average Bonchev–Trinajstić information content (AvgIpc) is 2.88. The number of phenolic OH excluding ortho intramolecular Hbond substituents is 3. The molecule has 1 aliphatic heterocycles. The van der Waals surface area contributed by atoms with Crippen molar-refractivity contribution in [1.29, 1.82) is 0 Å². The van der Waals surface area contributed by atoms with Gasteiger partial charge >= 0.3 is 11.9 Å². The Kier molecular flexibility index (Phi) is 5.92. The largest absolute Gasteiger partial charge is 0.507 e. The third kappa shape index (κ3) is 4.29. The maximum atomic E-state index is 13.1. The highest BCUT2D eigenvalue weighted by atomic mass is 16.6. The van der Waals surface area contributed by atoms with Gasteiger partial charge in [0.25, 0.3) is 0 Å². The van der Waals surface area contributed by atoms with Crippen molar-refractivity contribution in [1.82, 2.24) is 0 Å². The summed E-state index contributed by atoms with van der Waals surface area (Å²) in [4.78, 5) is 37.3. The molecule has 3 aromatic carbocycles. The number of phenols is 3. The molecule has 37 heavy (non-hydrogen) atoms. The lowest BCUT2D eigenvalue weighted by molar-refractivity contribution is -0.143. The van der Waals surface area contributed by atoms with E-state index >= 15 is 0 Å². The molecule has 5 rings (SSSR count).